The average molecular weight is 229 g/mol. The minimum Gasteiger partial charge on any atom is -0.313 e. The van der Waals surface area contributed by atoms with Crippen LogP contribution in [-0.4, -0.2) is 23.1 Å². The Labute approximate surface area is 99.8 Å². The lowest BCUT2D eigenvalue weighted by Gasteiger charge is -2.35. The van der Waals surface area contributed by atoms with Gasteiger partial charge in [0.2, 0.25) is 0 Å². The van der Waals surface area contributed by atoms with Gasteiger partial charge < -0.3 is 5.32 Å². The van der Waals surface area contributed by atoms with Gasteiger partial charge in [0.25, 0.3) is 0 Å². The zero-order valence-electron chi connectivity index (χ0n) is 10.8. The molecule has 0 aromatic heterocycles. The lowest BCUT2D eigenvalue weighted by Crippen LogP contribution is -2.46. The molecule has 1 saturated heterocycles. The highest BCUT2D eigenvalue weighted by Crippen LogP contribution is 2.42. The van der Waals surface area contributed by atoms with Gasteiger partial charge in [0.15, 0.2) is 0 Å². The summed E-state index contributed by atoms with van der Waals surface area (Å²) in [4.78, 5) is 0. The van der Waals surface area contributed by atoms with Crippen molar-refractivity contribution in [2.24, 2.45) is 5.92 Å². The first-order chi connectivity index (χ1) is 7.08. The van der Waals surface area contributed by atoms with Gasteiger partial charge in [0, 0.05) is 10.8 Å². The molecule has 1 aliphatic heterocycles. The Kier molecular flexibility index (Phi) is 5.48. The fraction of sp³-hybridized carbons (Fsp3) is 1.00. The molecule has 0 amide bonds. The molecule has 0 aromatic carbocycles. The molecule has 0 radical (unpaired) electrons. The topological polar surface area (TPSA) is 12.0 Å². The van der Waals surface area contributed by atoms with Crippen LogP contribution in [-0.2, 0) is 0 Å². The van der Waals surface area contributed by atoms with E-state index in [1.807, 2.05) is 0 Å². The van der Waals surface area contributed by atoms with E-state index in [-0.39, 0.29) is 0 Å². The molecule has 1 aliphatic rings. The van der Waals surface area contributed by atoms with Crippen molar-refractivity contribution in [2.75, 3.05) is 12.3 Å². The van der Waals surface area contributed by atoms with Crippen molar-refractivity contribution in [3.63, 3.8) is 0 Å². The smallest absolute Gasteiger partial charge is 0.0285 e. The summed E-state index contributed by atoms with van der Waals surface area (Å²) >= 11 is 2.18. The van der Waals surface area contributed by atoms with Crippen molar-refractivity contribution in [1.82, 2.24) is 5.32 Å². The highest BCUT2D eigenvalue weighted by Gasteiger charge is 2.37. The van der Waals surface area contributed by atoms with Crippen LogP contribution < -0.4 is 5.32 Å². The first-order valence-corrected chi connectivity index (χ1v) is 7.44. The molecule has 1 N–H and O–H groups in total. The second kappa shape index (κ2) is 6.15. The molecule has 2 unspecified atom stereocenters. The third kappa shape index (κ3) is 3.99. The van der Waals surface area contributed by atoms with Crippen LogP contribution in [0.25, 0.3) is 0 Å². The van der Waals surface area contributed by atoms with E-state index in [1.54, 1.807) is 0 Å². The van der Waals surface area contributed by atoms with Gasteiger partial charge in [-0.2, -0.15) is 11.8 Å². The van der Waals surface area contributed by atoms with Gasteiger partial charge in [-0.15, -0.1) is 0 Å². The van der Waals surface area contributed by atoms with Crippen LogP contribution in [0.3, 0.4) is 0 Å². The minimum atomic E-state index is 0.499. The maximum absolute atomic E-state index is 3.76. The van der Waals surface area contributed by atoms with Crippen molar-refractivity contribution in [1.29, 1.82) is 0 Å². The molecule has 2 heteroatoms. The largest absolute Gasteiger partial charge is 0.313 e. The van der Waals surface area contributed by atoms with Crippen molar-refractivity contribution in [3.8, 4) is 0 Å². The van der Waals surface area contributed by atoms with Crippen LogP contribution in [0.15, 0.2) is 0 Å². The van der Waals surface area contributed by atoms with Crippen LogP contribution >= 0.6 is 11.8 Å². The standard InChI is InChI=1S/C13H27NS/c1-5-8-14-12(10-11(2)3)13(4)7-6-9-15-13/h11-12,14H,5-10H2,1-4H3. The van der Waals surface area contributed by atoms with Crippen LogP contribution in [0.5, 0.6) is 0 Å². The van der Waals surface area contributed by atoms with Crippen molar-refractivity contribution in [3.05, 3.63) is 0 Å². The van der Waals surface area contributed by atoms with E-state index in [0.717, 1.165) is 5.92 Å². The van der Waals surface area contributed by atoms with Crippen LogP contribution in [0.4, 0.5) is 0 Å². The lowest BCUT2D eigenvalue weighted by molar-refractivity contribution is 0.343. The molecule has 0 bridgehead atoms. The van der Waals surface area contributed by atoms with Crippen LogP contribution in [0, 0.1) is 5.92 Å². The first kappa shape index (κ1) is 13.4. The molecule has 0 saturated carbocycles. The molecule has 1 heterocycles. The molecule has 1 rings (SSSR count). The second-order valence-electron chi connectivity index (χ2n) is 5.40. The molecule has 15 heavy (non-hydrogen) atoms. The Hall–Kier alpha value is 0.310. The monoisotopic (exact) mass is 229 g/mol. The summed E-state index contributed by atoms with van der Waals surface area (Å²) in [6, 6.07) is 0.713. The number of rotatable bonds is 6. The Bertz CT molecular complexity index is 173. The van der Waals surface area contributed by atoms with Gasteiger partial charge in [0.1, 0.15) is 0 Å². The predicted molar refractivity (Wildman–Crippen MR) is 71.6 cm³/mol. The van der Waals surface area contributed by atoms with E-state index in [4.69, 9.17) is 0 Å². The summed E-state index contributed by atoms with van der Waals surface area (Å²) in [6.45, 7) is 10.6. The van der Waals surface area contributed by atoms with Crippen LogP contribution in [0.1, 0.15) is 53.4 Å². The van der Waals surface area contributed by atoms with Crippen molar-refractivity contribution < 1.29 is 0 Å². The summed E-state index contributed by atoms with van der Waals surface area (Å²) in [6.07, 6.45) is 5.37. The Morgan fingerprint density at radius 1 is 1.40 bits per heavy atom. The van der Waals surface area contributed by atoms with E-state index in [9.17, 15) is 0 Å². The summed E-state index contributed by atoms with van der Waals surface area (Å²) in [7, 11) is 0. The first-order valence-electron chi connectivity index (χ1n) is 6.46. The Morgan fingerprint density at radius 2 is 2.13 bits per heavy atom. The van der Waals surface area contributed by atoms with E-state index in [1.165, 1.54) is 38.0 Å². The molecule has 1 nitrogen and oxygen atoms in total. The van der Waals surface area contributed by atoms with Gasteiger partial charge >= 0.3 is 0 Å². The molecule has 2 atom stereocenters. The number of hydrogen-bond donors (Lipinski definition) is 1. The number of nitrogens with one attached hydrogen (secondary N) is 1. The maximum Gasteiger partial charge on any atom is 0.0285 e. The molecule has 0 aromatic rings. The molecule has 1 fully saturated rings. The highest BCUT2D eigenvalue weighted by atomic mass is 32.2. The van der Waals surface area contributed by atoms with Gasteiger partial charge in [-0.1, -0.05) is 20.8 Å². The van der Waals surface area contributed by atoms with Gasteiger partial charge in [0.05, 0.1) is 0 Å². The van der Waals surface area contributed by atoms with E-state index in [2.05, 4.69) is 44.8 Å². The summed E-state index contributed by atoms with van der Waals surface area (Å²) in [5, 5.41) is 3.76. The molecule has 0 spiro atoms. The second-order valence-corrected chi connectivity index (χ2v) is 7.03. The highest BCUT2D eigenvalue weighted by molar-refractivity contribution is 8.00. The van der Waals surface area contributed by atoms with Crippen LogP contribution in [0.2, 0.25) is 0 Å². The maximum atomic E-state index is 3.76. The molecular weight excluding hydrogens is 202 g/mol. The molecular formula is C13H27NS. The van der Waals surface area contributed by atoms with E-state index >= 15 is 0 Å². The van der Waals surface area contributed by atoms with Gasteiger partial charge in [-0.05, 0) is 50.8 Å². The SMILES string of the molecule is CCCNC(CC(C)C)C1(C)CCCS1. The fourth-order valence-electron chi connectivity index (χ4n) is 2.41. The third-order valence-electron chi connectivity index (χ3n) is 3.33. The Balaban J connectivity index is 2.53. The van der Waals surface area contributed by atoms with E-state index < -0.39 is 0 Å². The van der Waals surface area contributed by atoms with E-state index in [0.29, 0.717) is 10.8 Å². The van der Waals surface area contributed by atoms with Gasteiger partial charge in [-0.3, -0.25) is 0 Å². The summed E-state index contributed by atoms with van der Waals surface area (Å²) < 4.78 is 0.499. The molecule has 90 valence electrons. The number of hydrogen-bond acceptors (Lipinski definition) is 2. The minimum absolute atomic E-state index is 0.499. The predicted octanol–water partition coefficient (Wildman–Crippen LogP) is 3.69. The molecule has 0 aliphatic carbocycles. The normalized spacial score (nSPS) is 28.6. The quantitative estimate of drug-likeness (QED) is 0.745. The fourth-order valence-corrected chi connectivity index (χ4v) is 3.84. The summed E-state index contributed by atoms with van der Waals surface area (Å²) in [5.74, 6) is 2.16. The average Bonchev–Trinajstić information content (AvgIpc) is 2.60. The van der Waals surface area contributed by atoms with Crippen molar-refractivity contribution >= 4 is 11.8 Å². The number of thioether (sulfide) groups is 1. The Morgan fingerprint density at radius 3 is 2.60 bits per heavy atom. The lowest BCUT2D eigenvalue weighted by atomic mass is 9.89. The zero-order chi connectivity index (χ0) is 11.3. The van der Waals surface area contributed by atoms with Gasteiger partial charge in [-0.25, -0.2) is 0 Å². The summed E-state index contributed by atoms with van der Waals surface area (Å²) in [5.41, 5.74) is 0. The van der Waals surface area contributed by atoms with Crippen molar-refractivity contribution in [2.45, 2.75) is 64.2 Å². The zero-order valence-corrected chi connectivity index (χ0v) is 11.6. The third-order valence-corrected chi connectivity index (χ3v) is 4.98.